The zero-order valence-corrected chi connectivity index (χ0v) is 22.0. The van der Waals surface area contributed by atoms with E-state index in [9.17, 15) is 9.59 Å². The summed E-state index contributed by atoms with van der Waals surface area (Å²) in [6.45, 7) is 11.4. The highest BCUT2D eigenvalue weighted by molar-refractivity contribution is 7.80. The van der Waals surface area contributed by atoms with Gasteiger partial charge in [-0.2, -0.15) is 0 Å². The molecule has 0 aromatic heterocycles. The van der Waals surface area contributed by atoms with Crippen LogP contribution in [0.15, 0.2) is 42.0 Å². The quantitative estimate of drug-likeness (QED) is 0.303. The summed E-state index contributed by atoms with van der Waals surface area (Å²) < 4.78 is 0. The minimum absolute atomic E-state index is 0.0298. The third-order valence-corrected chi connectivity index (χ3v) is 7.35. The third-order valence-electron chi connectivity index (χ3n) is 6.26. The Bertz CT molecular complexity index is 1310. The molecule has 176 valence electrons. The average molecular weight is 514 g/mol. The highest BCUT2D eigenvalue weighted by Crippen LogP contribution is 2.41. The number of amides is 2. The van der Waals surface area contributed by atoms with Crippen LogP contribution < -0.4 is 15.1 Å². The van der Waals surface area contributed by atoms with E-state index in [2.05, 4.69) is 50.1 Å². The summed E-state index contributed by atoms with van der Waals surface area (Å²) >= 11 is 17.8. The van der Waals surface area contributed by atoms with Crippen molar-refractivity contribution in [2.45, 2.75) is 40.2 Å². The molecular weight excluding hydrogens is 489 g/mol. The molecular formula is C26H25Cl2N3O2S. The highest BCUT2D eigenvalue weighted by atomic mass is 35.5. The predicted octanol–water partition coefficient (Wildman–Crippen LogP) is 6.15. The standard InChI is InChI=1S/C26H25Cl2N3O2S/c1-6-30-21-10-14(2)16(11-17(21)15(3)13-26(30,4)5)12-18-23(32)29-25(34)31(24(18)33)20-9-7-8-19(27)22(20)28/h7-13H,6H2,1-5H3,(H,29,32,34)/b18-12-. The van der Waals surface area contributed by atoms with Gasteiger partial charge in [0, 0.05) is 17.8 Å². The molecule has 0 atom stereocenters. The Morgan fingerprint density at radius 1 is 1.12 bits per heavy atom. The van der Waals surface area contributed by atoms with E-state index < -0.39 is 11.8 Å². The zero-order chi connectivity index (χ0) is 24.9. The lowest BCUT2D eigenvalue weighted by Gasteiger charge is -2.43. The first kappa shape index (κ1) is 24.5. The summed E-state index contributed by atoms with van der Waals surface area (Å²) in [5, 5.41) is 3.03. The number of anilines is 2. The Kier molecular flexibility index (Phi) is 6.36. The smallest absolute Gasteiger partial charge is 0.270 e. The van der Waals surface area contributed by atoms with Gasteiger partial charge in [0.1, 0.15) is 5.57 Å². The number of allylic oxidation sites excluding steroid dienone is 1. The molecule has 1 N–H and O–H groups in total. The maximum absolute atomic E-state index is 13.5. The number of rotatable bonds is 3. The van der Waals surface area contributed by atoms with Gasteiger partial charge >= 0.3 is 0 Å². The van der Waals surface area contributed by atoms with Crippen molar-refractivity contribution in [1.29, 1.82) is 0 Å². The van der Waals surface area contributed by atoms with Crippen LogP contribution in [0.1, 0.15) is 44.4 Å². The minimum Gasteiger partial charge on any atom is -0.363 e. The van der Waals surface area contributed by atoms with E-state index in [0.717, 1.165) is 34.5 Å². The molecule has 2 heterocycles. The maximum Gasteiger partial charge on any atom is 0.270 e. The van der Waals surface area contributed by atoms with Crippen LogP contribution in [-0.2, 0) is 9.59 Å². The number of aryl methyl sites for hydroxylation is 1. The molecule has 5 nitrogen and oxygen atoms in total. The van der Waals surface area contributed by atoms with Gasteiger partial charge in [0.25, 0.3) is 11.8 Å². The number of hydrogen-bond donors (Lipinski definition) is 1. The number of halogens is 2. The molecule has 2 amide bonds. The fourth-order valence-electron chi connectivity index (χ4n) is 4.67. The number of fused-ring (bicyclic) bond motifs is 1. The summed E-state index contributed by atoms with van der Waals surface area (Å²) in [4.78, 5) is 29.8. The lowest BCUT2D eigenvalue weighted by Crippen LogP contribution is -2.54. The first-order valence-corrected chi connectivity index (χ1v) is 12.1. The van der Waals surface area contributed by atoms with E-state index >= 15 is 0 Å². The second kappa shape index (κ2) is 8.84. The Morgan fingerprint density at radius 3 is 2.50 bits per heavy atom. The van der Waals surface area contributed by atoms with Crippen LogP contribution in [0.3, 0.4) is 0 Å². The first-order chi connectivity index (χ1) is 16.0. The number of carbonyl (C=O) groups excluding carboxylic acids is 2. The van der Waals surface area contributed by atoms with Gasteiger partial charge in [-0.05, 0) is 93.9 Å². The number of thiocarbonyl (C=S) groups is 1. The number of nitrogens with zero attached hydrogens (tertiary/aromatic N) is 2. The molecule has 2 aromatic carbocycles. The van der Waals surface area contributed by atoms with Gasteiger partial charge in [-0.25, -0.2) is 0 Å². The molecule has 2 aliphatic rings. The molecule has 0 radical (unpaired) electrons. The molecule has 2 aromatic rings. The van der Waals surface area contributed by atoms with Crippen LogP contribution in [0.4, 0.5) is 11.4 Å². The van der Waals surface area contributed by atoms with E-state index in [0.29, 0.717) is 5.69 Å². The van der Waals surface area contributed by atoms with Crippen molar-refractivity contribution in [2.75, 3.05) is 16.3 Å². The van der Waals surface area contributed by atoms with Crippen LogP contribution in [-0.4, -0.2) is 29.0 Å². The topological polar surface area (TPSA) is 52.7 Å². The van der Waals surface area contributed by atoms with Gasteiger partial charge in [-0.15, -0.1) is 0 Å². The largest absolute Gasteiger partial charge is 0.363 e. The molecule has 8 heteroatoms. The lowest BCUT2D eigenvalue weighted by atomic mass is 9.86. The third kappa shape index (κ3) is 4.04. The van der Waals surface area contributed by atoms with Crippen molar-refractivity contribution in [3.8, 4) is 0 Å². The van der Waals surface area contributed by atoms with Crippen LogP contribution in [0.2, 0.25) is 10.0 Å². The summed E-state index contributed by atoms with van der Waals surface area (Å²) in [5.74, 6) is -1.11. The average Bonchev–Trinajstić information content (AvgIpc) is 2.74. The molecule has 0 bridgehead atoms. The van der Waals surface area contributed by atoms with Crippen LogP contribution in [0, 0.1) is 6.92 Å². The second-order valence-corrected chi connectivity index (χ2v) is 10.2. The van der Waals surface area contributed by atoms with Gasteiger partial charge in [0.05, 0.1) is 21.3 Å². The van der Waals surface area contributed by atoms with Crippen molar-refractivity contribution in [3.05, 3.63) is 68.7 Å². The van der Waals surface area contributed by atoms with Crippen molar-refractivity contribution >= 4 is 75.4 Å². The van der Waals surface area contributed by atoms with Crippen LogP contribution >= 0.6 is 35.4 Å². The number of hydrogen-bond acceptors (Lipinski definition) is 4. The number of benzene rings is 2. The highest BCUT2D eigenvalue weighted by Gasteiger charge is 2.36. The normalized spacial score (nSPS) is 18.7. The fourth-order valence-corrected chi connectivity index (χ4v) is 5.33. The molecule has 4 rings (SSSR count). The number of likely N-dealkylation sites (N-methyl/N-ethyl adjacent to an activating group) is 1. The van der Waals surface area contributed by atoms with Gasteiger partial charge in [0.15, 0.2) is 5.11 Å². The SMILES string of the molecule is CCN1c2cc(C)c(/C=C3/C(=O)NC(=S)N(c4cccc(Cl)c4Cl)C3=O)cc2C(C)=CC1(C)C. The van der Waals surface area contributed by atoms with Crippen molar-refractivity contribution < 1.29 is 9.59 Å². The van der Waals surface area contributed by atoms with E-state index in [-0.39, 0.29) is 26.3 Å². The number of nitrogens with one attached hydrogen (secondary N) is 1. The zero-order valence-electron chi connectivity index (χ0n) is 19.6. The van der Waals surface area contributed by atoms with Gasteiger partial charge in [0.2, 0.25) is 0 Å². The Balaban J connectivity index is 1.82. The molecule has 1 saturated heterocycles. The van der Waals surface area contributed by atoms with E-state index in [4.69, 9.17) is 35.4 Å². The Labute approximate surface area is 215 Å². The number of carbonyl (C=O) groups is 2. The van der Waals surface area contributed by atoms with Gasteiger partial charge in [-0.1, -0.05) is 35.3 Å². The first-order valence-electron chi connectivity index (χ1n) is 10.9. The molecule has 34 heavy (non-hydrogen) atoms. The summed E-state index contributed by atoms with van der Waals surface area (Å²) in [5.41, 5.74) is 5.28. The fraction of sp³-hybridized carbons (Fsp3) is 0.269. The lowest BCUT2D eigenvalue weighted by molar-refractivity contribution is -0.122. The van der Waals surface area contributed by atoms with E-state index in [1.165, 1.54) is 4.90 Å². The molecule has 2 aliphatic heterocycles. The van der Waals surface area contributed by atoms with Crippen molar-refractivity contribution in [3.63, 3.8) is 0 Å². The van der Waals surface area contributed by atoms with Gasteiger partial charge in [-0.3, -0.25) is 19.8 Å². The monoisotopic (exact) mass is 513 g/mol. The minimum atomic E-state index is -0.557. The summed E-state index contributed by atoms with van der Waals surface area (Å²) in [6.07, 6.45) is 3.86. The molecule has 0 spiro atoms. The van der Waals surface area contributed by atoms with E-state index in [1.807, 2.05) is 13.0 Å². The molecule has 0 saturated carbocycles. The van der Waals surface area contributed by atoms with E-state index in [1.54, 1.807) is 24.3 Å². The maximum atomic E-state index is 13.5. The van der Waals surface area contributed by atoms with Crippen LogP contribution in [0.5, 0.6) is 0 Å². The second-order valence-electron chi connectivity index (χ2n) is 8.98. The molecule has 1 fully saturated rings. The summed E-state index contributed by atoms with van der Waals surface area (Å²) in [6, 6.07) is 9.07. The molecule has 0 unspecified atom stereocenters. The Hall–Kier alpha value is -2.67. The van der Waals surface area contributed by atoms with Gasteiger partial charge < -0.3 is 4.90 Å². The predicted molar refractivity (Wildman–Crippen MR) is 145 cm³/mol. The Morgan fingerprint density at radius 2 is 1.82 bits per heavy atom. The van der Waals surface area contributed by atoms with Crippen LogP contribution in [0.25, 0.3) is 11.6 Å². The van der Waals surface area contributed by atoms with Crippen molar-refractivity contribution in [2.24, 2.45) is 0 Å². The molecule has 0 aliphatic carbocycles. The van der Waals surface area contributed by atoms with Crippen molar-refractivity contribution in [1.82, 2.24) is 5.32 Å². The summed E-state index contributed by atoms with van der Waals surface area (Å²) in [7, 11) is 0.